The van der Waals surface area contributed by atoms with E-state index in [2.05, 4.69) is 25.3 Å². The van der Waals surface area contributed by atoms with E-state index in [-0.39, 0.29) is 11.9 Å². The number of aliphatic hydroxyl groups excluding tert-OH is 1. The number of hydrogen-bond donors (Lipinski definition) is 3. The number of halogens is 1. The fourth-order valence-corrected chi connectivity index (χ4v) is 1.42. The van der Waals surface area contributed by atoms with Crippen molar-refractivity contribution < 1.29 is 5.11 Å². The Bertz CT molecular complexity index is 510. The molecule has 6 nitrogen and oxygen atoms in total. The standard InChI is InChI=1S/C9H12ClN5O/c1-9(2,3-16)15-7-5-6(12-4-11-5)13-8(10)14-7/h4,16H,3H2,1-2H3,(H2,11,12,13,14,15). The molecule has 0 fully saturated rings. The lowest BCUT2D eigenvalue weighted by atomic mass is 10.1. The topological polar surface area (TPSA) is 86.7 Å². The van der Waals surface area contributed by atoms with Gasteiger partial charge in [-0.1, -0.05) is 0 Å². The van der Waals surface area contributed by atoms with E-state index in [1.807, 2.05) is 13.8 Å². The number of imidazole rings is 1. The molecule has 3 N–H and O–H groups in total. The molecule has 0 aliphatic heterocycles. The van der Waals surface area contributed by atoms with Crippen molar-refractivity contribution in [2.75, 3.05) is 11.9 Å². The monoisotopic (exact) mass is 241 g/mol. The van der Waals surface area contributed by atoms with Crippen LogP contribution < -0.4 is 5.32 Å². The first kappa shape index (κ1) is 11.1. The molecule has 0 saturated carbocycles. The Morgan fingerprint density at radius 1 is 1.50 bits per heavy atom. The summed E-state index contributed by atoms with van der Waals surface area (Å²) in [6, 6.07) is 0. The van der Waals surface area contributed by atoms with Gasteiger partial charge in [0.25, 0.3) is 0 Å². The fraction of sp³-hybridized carbons (Fsp3) is 0.444. The normalized spacial score (nSPS) is 12.0. The molecule has 0 bridgehead atoms. The summed E-state index contributed by atoms with van der Waals surface area (Å²) in [5, 5.41) is 12.4. The third-order valence-corrected chi connectivity index (χ3v) is 2.27. The predicted octanol–water partition coefficient (Wildman–Crippen LogP) is 1.19. The van der Waals surface area contributed by atoms with Gasteiger partial charge in [0, 0.05) is 0 Å². The van der Waals surface area contributed by atoms with Crippen molar-refractivity contribution in [1.82, 2.24) is 19.9 Å². The van der Waals surface area contributed by atoms with Gasteiger partial charge < -0.3 is 15.4 Å². The maximum absolute atomic E-state index is 9.18. The summed E-state index contributed by atoms with van der Waals surface area (Å²) < 4.78 is 0. The Labute approximate surface area is 97.1 Å². The van der Waals surface area contributed by atoms with Crippen LogP contribution in [0, 0.1) is 0 Å². The van der Waals surface area contributed by atoms with Crippen LogP contribution in [0.25, 0.3) is 11.2 Å². The minimum absolute atomic E-state index is 0.0272. The van der Waals surface area contributed by atoms with E-state index < -0.39 is 5.54 Å². The Balaban J connectivity index is 2.47. The summed E-state index contributed by atoms with van der Waals surface area (Å²) in [6.45, 7) is 3.67. The summed E-state index contributed by atoms with van der Waals surface area (Å²) in [6.07, 6.45) is 1.52. The first-order chi connectivity index (χ1) is 7.52. The average Bonchev–Trinajstić information content (AvgIpc) is 2.65. The smallest absolute Gasteiger partial charge is 0.226 e. The van der Waals surface area contributed by atoms with Gasteiger partial charge in [0.1, 0.15) is 5.52 Å². The zero-order valence-corrected chi connectivity index (χ0v) is 9.71. The van der Waals surface area contributed by atoms with Crippen LogP contribution in [-0.4, -0.2) is 37.2 Å². The maximum Gasteiger partial charge on any atom is 0.226 e. The summed E-state index contributed by atoms with van der Waals surface area (Å²) in [4.78, 5) is 15.0. The minimum atomic E-state index is -0.496. The summed E-state index contributed by atoms with van der Waals surface area (Å²) in [5.74, 6) is 0.510. The van der Waals surface area contributed by atoms with Gasteiger partial charge >= 0.3 is 0 Å². The van der Waals surface area contributed by atoms with Crippen LogP contribution in [0.4, 0.5) is 5.82 Å². The number of nitrogens with one attached hydrogen (secondary N) is 2. The molecular weight excluding hydrogens is 230 g/mol. The van der Waals surface area contributed by atoms with Crippen molar-refractivity contribution in [1.29, 1.82) is 0 Å². The highest BCUT2D eigenvalue weighted by molar-refractivity contribution is 6.28. The number of fused-ring (bicyclic) bond motifs is 1. The van der Waals surface area contributed by atoms with E-state index in [0.29, 0.717) is 17.0 Å². The van der Waals surface area contributed by atoms with Crippen molar-refractivity contribution in [3.63, 3.8) is 0 Å². The highest BCUT2D eigenvalue weighted by Crippen LogP contribution is 2.21. The van der Waals surface area contributed by atoms with Crippen molar-refractivity contribution in [2.24, 2.45) is 0 Å². The highest BCUT2D eigenvalue weighted by Gasteiger charge is 2.19. The quantitative estimate of drug-likeness (QED) is 0.703. The zero-order chi connectivity index (χ0) is 11.8. The highest BCUT2D eigenvalue weighted by atomic mass is 35.5. The molecule has 0 saturated heterocycles. The van der Waals surface area contributed by atoms with E-state index >= 15 is 0 Å². The number of aliphatic hydroxyl groups is 1. The molecule has 0 atom stereocenters. The van der Waals surface area contributed by atoms with E-state index in [9.17, 15) is 5.11 Å². The maximum atomic E-state index is 9.18. The fourth-order valence-electron chi connectivity index (χ4n) is 1.26. The van der Waals surface area contributed by atoms with Gasteiger partial charge in [-0.25, -0.2) is 4.98 Å². The number of nitrogens with zero attached hydrogens (tertiary/aromatic N) is 3. The number of aromatic nitrogens is 4. The molecule has 16 heavy (non-hydrogen) atoms. The van der Waals surface area contributed by atoms with Crippen LogP contribution in [-0.2, 0) is 0 Å². The molecule has 86 valence electrons. The molecule has 0 aliphatic carbocycles. The minimum Gasteiger partial charge on any atom is -0.394 e. The second-order valence-electron chi connectivity index (χ2n) is 4.11. The van der Waals surface area contributed by atoms with Gasteiger partial charge in [0.2, 0.25) is 5.28 Å². The molecule has 2 aromatic heterocycles. The van der Waals surface area contributed by atoms with Crippen molar-refractivity contribution in [3.05, 3.63) is 11.6 Å². The predicted molar refractivity (Wildman–Crippen MR) is 61.5 cm³/mol. The molecule has 0 radical (unpaired) electrons. The first-order valence-corrected chi connectivity index (χ1v) is 5.15. The molecule has 0 aromatic carbocycles. The van der Waals surface area contributed by atoms with Gasteiger partial charge in [-0.05, 0) is 25.4 Å². The molecule has 2 aromatic rings. The third-order valence-electron chi connectivity index (χ3n) is 2.10. The lowest BCUT2D eigenvalue weighted by Gasteiger charge is -2.24. The van der Waals surface area contributed by atoms with Crippen LogP contribution in [0.15, 0.2) is 6.33 Å². The van der Waals surface area contributed by atoms with Crippen molar-refractivity contribution in [3.8, 4) is 0 Å². The first-order valence-electron chi connectivity index (χ1n) is 4.77. The molecule has 0 spiro atoms. The van der Waals surface area contributed by atoms with Gasteiger partial charge in [-0.2, -0.15) is 9.97 Å². The number of rotatable bonds is 3. The second kappa shape index (κ2) is 3.88. The van der Waals surface area contributed by atoms with E-state index in [1.54, 1.807) is 0 Å². The molecule has 0 amide bonds. The Kier molecular flexibility index (Phi) is 2.69. The lowest BCUT2D eigenvalue weighted by Crippen LogP contribution is -2.35. The molecule has 0 unspecified atom stereocenters. The zero-order valence-electron chi connectivity index (χ0n) is 8.95. The van der Waals surface area contributed by atoms with Gasteiger partial charge in [-0.15, -0.1) is 0 Å². The molecule has 2 rings (SSSR count). The van der Waals surface area contributed by atoms with E-state index in [0.717, 1.165) is 0 Å². The van der Waals surface area contributed by atoms with Crippen LogP contribution >= 0.6 is 11.6 Å². The van der Waals surface area contributed by atoms with Gasteiger partial charge in [0.15, 0.2) is 11.5 Å². The van der Waals surface area contributed by atoms with Crippen LogP contribution in [0.3, 0.4) is 0 Å². The molecule has 2 heterocycles. The Hall–Kier alpha value is -1.40. The van der Waals surface area contributed by atoms with Crippen LogP contribution in [0.1, 0.15) is 13.8 Å². The average molecular weight is 242 g/mol. The second-order valence-corrected chi connectivity index (χ2v) is 4.45. The van der Waals surface area contributed by atoms with Crippen molar-refractivity contribution >= 4 is 28.6 Å². The molecule has 0 aliphatic rings. The van der Waals surface area contributed by atoms with Gasteiger partial charge in [-0.3, -0.25) is 0 Å². The largest absolute Gasteiger partial charge is 0.394 e. The number of hydrogen-bond acceptors (Lipinski definition) is 5. The summed E-state index contributed by atoms with van der Waals surface area (Å²) in [7, 11) is 0. The van der Waals surface area contributed by atoms with Crippen LogP contribution in [0.5, 0.6) is 0 Å². The number of H-pyrrole nitrogens is 1. The number of aromatic amines is 1. The SMILES string of the molecule is CC(C)(CO)Nc1nc(Cl)nc2[nH]cnc12. The van der Waals surface area contributed by atoms with E-state index in [1.165, 1.54) is 6.33 Å². The summed E-state index contributed by atoms with van der Waals surface area (Å²) >= 11 is 5.78. The summed E-state index contributed by atoms with van der Waals surface area (Å²) in [5.41, 5.74) is 0.672. The molecule has 7 heteroatoms. The molecular formula is C9H12ClN5O. The lowest BCUT2D eigenvalue weighted by molar-refractivity contribution is 0.234. The van der Waals surface area contributed by atoms with Gasteiger partial charge in [0.05, 0.1) is 18.5 Å². The number of anilines is 1. The Morgan fingerprint density at radius 2 is 2.25 bits per heavy atom. The van der Waals surface area contributed by atoms with Crippen LogP contribution in [0.2, 0.25) is 5.28 Å². The van der Waals surface area contributed by atoms with Crippen molar-refractivity contribution in [2.45, 2.75) is 19.4 Å². The third kappa shape index (κ3) is 2.07. The van der Waals surface area contributed by atoms with E-state index in [4.69, 9.17) is 11.6 Å². The Morgan fingerprint density at radius 3 is 2.94 bits per heavy atom.